The quantitative estimate of drug-likeness (QED) is 0.687. The molecule has 0 amide bonds. The normalized spacial score (nSPS) is 46.1. The Hall–Kier alpha value is -0.600. The van der Waals surface area contributed by atoms with Crippen molar-refractivity contribution in [3.05, 3.63) is 23.8 Å². The van der Waals surface area contributed by atoms with Gasteiger partial charge in [0.2, 0.25) is 0 Å². The third-order valence-electron chi connectivity index (χ3n) is 5.06. The first-order chi connectivity index (χ1) is 7.86. The smallest absolute Gasteiger partial charge is 0.0780 e. The predicted molar refractivity (Wildman–Crippen MR) is 69.5 cm³/mol. The van der Waals surface area contributed by atoms with E-state index in [1.165, 1.54) is 5.57 Å². The summed E-state index contributed by atoms with van der Waals surface area (Å²) in [4.78, 5) is 0. The lowest BCUT2D eigenvalue weighted by atomic mass is 9.56. The van der Waals surface area contributed by atoms with Crippen LogP contribution in [0.1, 0.15) is 40.0 Å². The largest absolute Gasteiger partial charge is 0.393 e. The minimum atomic E-state index is -0.461. The van der Waals surface area contributed by atoms with Crippen LogP contribution in [0.3, 0.4) is 0 Å². The summed E-state index contributed by atoms with van der Waals surface area (Å²) in [5, 5.41) is 20.2. The van der Waals surface area contributed by atoms with Crippen molar-refractivity contribution in [1.82, 2.24) is 0 Å². The standard InChI is InChI=1S/C15H24O2/c1-9(2)11-5-6-12-14(17)7-13(16)10(3)15(12,4)8-11/h6,10-11,13-14,16-17H,1,5,7-8H2,2-4H3/t10-,11+,13-,14-,15-/m1/s1. The van der Waals surface area contributed by atoms with Gasteiger partial charge in [0.1, 0.15) is 0 Å². The van der Waals surface area contributed by atoms with Crippen molar-refractivity contribution in [3.8, 4) is 0 Å². The average Bonchev–Trinajstić information content (AvgIpc) is 2.25. The van der Waals surface area contributed by atoms with Gasteiger partial charge in [-0.05, 0) is 42.6 Å². The van der Waals surface area contributed by atoms with Crippen molar-refractivity contribution >= 4 is 0 Å². The maximum Gasteiger partial charge on any atom is 0.0780 e. The average molecular weight is 236 g/mol. The number of aliphatic hydroxyl groups is 2. The van der Waals surface area contributed by atoms with Gasteiger partial charge in [-0.25, -0.2) is 0 Å². The fourth-order valence-corrected chi connectivity index (χ4v) is 3.54. The second kappa shape index (κ2) is 4.25. The lowest BCUT2D eigenvalue weighted by Crippen LogP contribution is -2.48. The SMILES string of the molecule is C=C(C)[C@H]1CC=C2[C@H](O)C[C@@H](O)[C@@H](C)[C@@]2(C)C1. The van der Waals surface area contributed by atoms with Crippen molar-refractivity contribution in [3.63, 3.8) is 0 Å². The van der Waals surface area contributed by atoms with Crippen LogP contribution in [-0.2, 0) is 0 Å². The molecule has 0 unspecified atom stereocenters. The monoisotopic (exact) mass is 236 g/mol. The fraction of sp³-hybridized carbons (Fsp3) is 0.733. The van der Waals surface area contributed by atoms with E-state index in [4.69, 9.17) is 0 Å². The van der Waals surface area contributed by atoms with Crippen molar-refractivity contribution in [2.45, 2.75) is 52.2 Å². The molecule has 17 heavy (non-hydrogen) atoms. The zero-order valence-electron chi connectivity index (χ0n) is 11.1. The van der Waals surface area contributed by atoms with E-state index in [1.807, 2.05) is 0 Å². The van der Waals surface area contributed by atoms with Gasteiger partial charge in [-0.3, -0.25) is 0 Å². The van der Waals surface area contributed by atoms with Crippen molar-refractivity contribution in [2.75, 3.05) is 0 Å². The summed E-state index contributed by atoms with van der Waals surface area (Å²) in [6.07, 6.45) is 3.81. The molecule has 0 aromatic carbocycles. The van der Waals surface area contributed by atoms with E-state index in [0.29, 0.717) is 12.3 Å². The van der Waals surface area contributed by atoms with Gasteiger partial charge in [-0.2, -0.15) is 0 Å². The first-order valence-corrected chi connectivity index (χ1v) is 6.58. The van der Waals surface area contributed by atoms with Gasteiger partial charge < -0.3 is 10.2 Å². The van der Waals surface area contributed by atoms with Crippen LogP contribution < -0.4 is 0 Å². The molecule has 2 heteroatoms. The summed E-state index contributed by atoms with van der Waals surface area (Å²) >= 11 is 0. The zero-order chi connectivity index (χ0) is 12.8. The Morgan fingerprint density at radius 3 is 2.71 bits per heavy atom. The number of rotatable bonds is 1. The first kappa shape index (κ1) is 12.8. The lowest BCUT2D eigenvalue weighted by molar-refractivity contribution is -0.0349. The molecule has 1 saturated carbocycles. The Labute approximate surface area is 104 Å². The number of allylic oxidation sites excluding steroid dienone is 2. The molecule has 2 rings (SSSR count). The second-order valence-corrected chi connectivity index (χ2v) is 6.17. The van der Waals surface area contributed by atoms with Crippen LogP contribution in [0.4, 0.5) is 0 Å². The molecule has 96 valence electrons. The first-order valence-electron chi connectivity index (χ1n) is 6.58. The van der Waals surface area contributed by atoms with Gasteiger partial charge in [0.25, 0.3) is 0 Å². The molecule has 2 aliphatic carbocycles. The molecule has 0 spiro atoms. The van der Waals surface area contributed by atoms with Crippen LogP contribution >= 0.6 is 0 Å². The number of aliphatic hydroxyl groups excluding tert-OH is 2. The van der Waals surface area contributed by atoms with Crippen LogP contribution in [0.2, 0.25) is 0 Å². The van der Waals surface area contributed by atoms with Gasteiger partial charge in [0.15, 0.2) is 0 Å². The van der Waals surface area contributed by atoms with Crippen LogP contribution in [0.5, 0.6) is 0 Å². The minimum absolute atomic E-state index is 0.0705. The third kappa shape index (κ3) is 1.98. The molecule has 0 radical (unpaired) electrons. The molecule has 2 nitrogen and oxygen atoms in total. The predicted octanol–water partition coefficient (Wildman–Crippen LogP) is 2.67. The summed E-state index contributed by atoms with van der Waals surface area (Å²) in [6.45, 7) is 10.4. The summed E-state index contributed by atoms with van der Waals surface area (Å²) in [7, 11) is 0. The molecule has 0 aromatic rings. The lowest BCUT2D eigenvalue weighted by Gasteiger charge is -2.50. The Kier molecular flexibility index (Phi) is 3.21. The van der Waals surface area contributed by atoms with E-state index < -0.39 is 12.2 Å². The Balaban J connectivity index is 2.35. The maximum atomic E-state index is 10.1. The van der Waals surface area contributed by atoms with Gasteiger partial charge in [0, 0.05) is 6.42 Å². The van der Waals surface area contributed by atoms with E-state index >= 15 is 0 Å². The highest BCUT2D eigenvalue weighted by molar-refractivity contribution is 5.28. The molecule has 1 fully saturated rings. The van der Waals surface area contributed by atoms with E-state index in [0.717, 1.165) is 18.4 Å². The van der Waals surface area contributed by atoms with E-state index in [-0.39, 0.29) is 11.3 Å². The maximum absolute atomic E-state index is 10.1. The van der Waals surface area contributed by atoms with E-state index in [2.05, 4.69) is 33.4 Å². The Morgan fingerprint density at radius 1 is 1.47 bits per heavy atom. The molecular weight excluding hydrogens is 212 g/mol. The van der Waals surface area contributed by atoms with E-state index in [1.54, 1.807) is 0 Å². The van der Waals surface area contributed by atoms with Gasteiger partial charge in [-0.15, -0.1) is 0 Å². The van der Waals surface area contributed by atoms with Crippen LogP contribution in [-0.4, -0.2) is 22.4 Å². The zero-order valence-corrected chi connectivity index (χ0v) is 11.1. The van der Waals surface area contributed by atoms with Crippen molar-refractivity contribution in [1.29, 1.82) is 0 Å². The summed E-state index contributed by atoms with van der Waals surface area (Å²) in [5.74, 6) is 0.697. The minimum Gasteiger partial charge on any atom is -0.393 e. The van der Waals surface area contributed by atoms with Crippen LogP contribution in [0.25, 0.3) is 0 Å². The summed E-state index contributed by atoms with van der Waals surface area (Å²) in [6, 6.07) is 0. The Bertz CT molecular complexity index is 358. The summed E-state index contributed by atoms with van der Waals surface area (Å²) < 4.78 is 0. The number of fused-ring (bicyclic) bond motifs is 1. The topological polar surface area (TPSA) is 40.5 Å². The number of hydrogen-bond donors (Lipinski definition) is 2. The molecular formula is C15H24O2. The highest BCUT2D eigenvalue weighted by atomic mass is 16.3. The molecule has 0 bridgehead atoms. The van der Waals surface area contributed by atoms with Gasteiger partial charge in [0.05, 0.1) is 12.2 Å². The molecule has 0 heterocycles. The summed E-state index contributed by atoms with van der Waals surface area (Å²) in [5.41, 5.74) is 2.29. The third-order valence-corrected chi connectivity index (χ3v) is 5.06. The molecule has 5 atom stereocenters. The molecule has 0 saturated heterocycles. The Morgan fingerprint density at radius 2 is 2.12 bits per heavy atom. The van der Waals surface area contributed by atoms with Gasteiger partial charge >= 0.3 is 0 Å². The van der Waals surface area contributed by atoms with Crippen LogP contribution in [0, 0.1) is 17.3 Å². The second-order valence-electron chi connectivity index (χ2n) is 6.17. The molecule has 2 N–H and O–H groups in total. The van der Waals surface area contributed by atoms with Crippen molar-refractivity contribution < 1.29 is 10.2 Å². The highest BCUT2D eigenvalue weighted by Gasteiger charge is 2.48. The highest BCUT2D eigenvalue weighted by Crippen LogP contribution is 2.52. The van der Waals surface area contributed by atoms with E-state index in [9.17, 15) is 10.2 Å². The number of hydrogen-bond acceptors (Lipinski definition) is 2. The molecule has 0 aliphatic heterocycles. The van der Waals surface area contributed by atoms with Gasteiger partial charge in [-0.1, -0.05) is 32.1 Å². The molecule has 2 aliphatic rings. The van der Waals surface area contributed by atoms with Crippen LogP contribution in [0.15, 0.2) is 23.8 Å². The fourth-order valence-electron chi connectivity index (χ4n) is 3.54. The molecule has 0 aromatic heterocycles. The van der Waals surface area contributed by atoms with Crippen molar-refractivity contribution in [2.24, 2.45) is 17.3 Å².